The summed E-state index contributed by atoms with van der Waals surface area (Å²) in [6.45, 7) is 2.54. The van der Waals surface area contributed by atoms with E-state index in [1.165, 1.54) is 11.8 Å². The highest BCUT2D eigenvalue weighted by atomic mass is 19.1. The molecule has 2 aliphatic rings. The number of carbonyl (C=O) groups is 1. The molecule has 0 spiro atoms. The van der Waals surface area contributed by atoms with Gasteiger partial charge in [-0.3, -0.25) is 0 Å². The first-order valence-electron chi connectivity index (χ1n) is 7.21. The summed E-state index contributed by atoms with van der Waals surface area (Å²) in [5.74, 6) is -0.153. The second-order valence-corrected chi connectivity index (χ2v) is 5.49. The van der Waals surface area contributed by atoms with E-state index >= 15 is 0 Å². The molecule has 0 aliphatic carbocycles. The van der Waals surface area contributed by atoms with Crippen LogP contribution in [-0.2, 0) is 6.42 Å². The van der Waals surface area contributed by atoms with Crippen LogP contribution in [0.25, 0.3) is 0 Å². The number of halogens is 1. The molecular weight excluding hydrogens is 257 g/mol. The summed E-state index contributed by atoms with van der Waals surface area (Å²) in [4.78, 5) is 15.8. The number of hydrogen-bond donors (Lipinski definition) is 1. The number of anilines is 1. The third-order valence-corrected chi connectivity index (χ3v) is 4.38. The molecule has 108 valence electrons. The van der Waals surface area contributed by atoms with Gasteiger partial charge in [0.05, 0.1) is 0 Å². The summed E-state index contributed by atoms with van der Waals surface area (Å²) in [5.41, 5.74) is 2.28. The van der Waals surface area contributed by atoms with Gasteiger partial charge in [-0.2, -0.15) is 0 Å². The Hall–Kier alpha value is -1.78. The molecule has 1 aromatic rings. The van der Waals surface area contributed by atoms with Gasteiger partial charge in [-0.25, -0.2) is 9.18 Å². The van der Waals surface area contributed by atoms with Gasteiger partial charge in [-0.15, -0.1) is 0 Å². The highest BCUT2D eigenvalue weighted by Crippen LogP contribution is 2.32. The van der Waals surface area contributed by atoms with E-state index in [4.69, 9.17) is 0 Å². The van der Waals surface area contributed by atoms with E-state index in [2.05, 4.69) is 10.2 Å². The Morgan fingerprint density at radius 1 is 1.30 bits per heavy atom. The number of hydrogen-bond acceptors (Lipinski definition) is 2. The third kappa shape index (κ3) is 2.32. The van der Waals surface area contributed by atoms with Gasteiger partial charge in [0, 0.05) is 38.4 Å². The number of nitrogens with one attached hydrogen (secondary N) is 1. The van der Waals surface area contributed by atoms with Crippen LogP contribution < -0.4 is 10.2 Å². The molecule has 5 heteroatoms. The lowest BCUT2D eigenvalue weighted by Gasteiger charge is -2.37. The molecule has 1 saturated heterocycles. The van der Waals surface area contributed by atoms with Crippen LogP contribution >= 0.6 is 0 Å². The molecule has 2 heterocycles. The van der Waals surface area contributed by atoms with Crippen molar-refractivity contribution in [3.8, 4) is 0 Å². The molecule has 1 fully saturated rings. The fourth-order valence-corrected chi connectivity index (χ4v) is 3.31. The van der Waals surface area contributed by atoms with E-state index in [1.54, 1.807) is 13.1 Å². The number of urea groups is 1. The van der Waals surface area contributed by atoms with Gasteiger partial charge in [-0.05, 0) is 43.0 Å². The Kier molecular flexibility index (Phi) is 3.51. The number of amides is 2. The fraction of sp³-hybridized carbons (Fsp3) is 0.533. The van der Waals surface area contributed by atoms with Crippen LogP contribution in [0.2, 0.25) is 0 Å². The Morgan fingerprint density at radius 3 is 2.75 bits per heavy atom. The zero-order valence-corrected chi connectivity index (χ0v) is 11.7. The molecule has 0 unspecified atom stereocenters. The van der Waals surface area contributed by atoms with Gasteiger partial charge >= 0.3 is 6.03 Å². The maximum atomic E-state index is 13.2. The summed E-state index contributed by atoms with van der Waals surface area (Å²) in [6.07, 6.45) is 2.87. The minimum Gasteiger partial charge on any atom is -0.368 e. The lowest BCUT2D eigenvalue weighted by Crippen LogP contribution is -2.48. The molecule has 3 rings (SSSR count). The number of rotatable bonds is 1. The lowest BCUT2D eigenvalue weighted by atomic mass is 10.0. The molecule has 0 aromatic heterocycles. The van der Waals surface area contributed by atoms with Crippen LogP contribution in [-0.4, -0.2) is 43.7 Å². The van der Waals surface area contributed by atoms with Crippen molar-refractivity contribution in [1.29, 1.82) is 0 Å². The van der Waals surface area contributed by atoms with E-state index in [9.17, 15) is 9.18 Å². The van der Waals surface area contributed by atoms with Crippen molar-refractivity contribution in [2.45, 2.75) is 25.3 Å². The molecular formula is C15H20FN3O. The van der Waals surface area contributed by atoms with Crippen LogP contribution in [0.1, 0.15) is 18.4 Å². The summed E-state index contributed by atoms with van der Waals surface area (Å²) in [5, 5.41) is 2.67. The first kappa shape index (κ1) is 13.2. The zero-order chi connectivity index (χ0) is 14.1. The lowest BCUT2D eigenvalue weighted by molar-refractivity contribution is 0.183. The van der Waals surface area contributed by atoms with Gasteiger partial charge in [0.15, 0.2) is 0 Å². The number of carbonyl (C=O) groups excluding carboxylic acids is 1. The first-order valence-corrected chi connectivity index (χ1v) is 7.21. The smallest absolute Gasteiger partial charge is 0.317 e. The maximum Gasteiger partial charge on any atom is 0.317 e. The van der Waals surface area contributed by atoms with Gasteiger partial charge in [0.25, 0.3) is 0 Å². The summed E-state index contributed by atoms with van der Waals surface area (Å²) in [7, 11) is 1.67. The van der Waals surface area contributed by atoms with Crippen molar-refractivity contribution < 1.29 is 9.18 Å². The van der Waals surface area contributed by atoms with Crippen molar-refractivity contribution in [2.75, 3.05) is 31.6 Å². The van der Waals surface area contributed by atoms with Crippen LogP contribution in [0, 0.1) is 5.82 Å². The molecule has 1 N–H and O–H groups in total. The molecule has 4 nitrogen and oxygen atoms in total. The Bertz CT molecular complexity index is 512. The van der Waals surface area contributed by atoms with Crippen molar-refractivity contribution in [1.82, 2.24) is 10.2 Å². The monoisotopic (exact) mass is 277 g/mol. The van der Waals surface area contributed by atoms with Crippen LogP contribution in [0.5, 0.6) is 0 Å². The summed E-state index contributed by atoms with van der Waals surface area (Å²) in [6, 6.07) is 5.55. The van der Waals surface area contributed by atoms with Gasteiger partial charge in [0.2, 0.25) is 0 Å². The van der Waals surface area contributed by atoms with Crippen molar-refractivity contribution in [2.24, 2.45) is 0 Å². The van der Waals surface area contributed by atoms with E-state index in [-0.39, 0.29) is 11.8 Å². The van der Waals surface area contributed by atoms with Gasteiger partial charge in [-0.1, -0.05) is 0 Å². The second kappa shape index (κ2) is 5.31. The number of likely N-dealkylation sites (tertiary alicyclic amines) is 1. The highest BCUT2D eigenvalue weighted by Gasteiger charge is 2.30. The molecule has 0 saturated carbocycles. The molecule has 0 atom stereocenters. The van der Waals surface area contributed by atoms with Crippen molar-refractivity contribution >= 4 is 11.7 Å². The summed E-state index contributed by atoms with van der Waals surface area (Å²) >= 11 is 0. The van der Waals surface area contributed by atoms with E-state index in [0.29, 0.717) is 6.04 Å². The van der Waals surface area contributed by atoms with E-state index in [0.717, 1.165) is 44.5 Å². The third-order valence-electron chi connectivity index (χ3n) is 4.38. The van der Waals surface area contributed by atoms with Crippen molar-refractivity contribution in [3.63, 3.8) is 0 Å². The molecule has 2 aliphatic heterocycles. The molecule has 0 radical (unpaired) electrons. The standard InChI is InChI=1S/C15H20FN3O/c1-17-15(20)18-7-5-13(6-8-18)19-9-4-11-10-12(16)2-3-14(11)19/h2-3,10,13H,4-9H2,1H3,(H,17,20). The predicted molar refractivity (Wildman–Crippen MR) is 76.5 cm³/mol. The van der Waals surface area contributed by atoms with Crippen molar-refractivity contribution in [3.05, 3.63) is 29.6 Å². The Balaban J connectivity index is 1.67. The van der Waals surface area contributed by atoms with Crippen LogP contribution in [0.15, 0.2) is 18.2 Å². The Morgan fingerprint density at radius 2 is 2.05 bits per heavy atom. The Labute approximate surface area is 118 Å². The normalized spacial score (nSPS) is 19.1. The van der Waals surface area contributed by atoms with Crippen LogP contribution in [0.4, 0.5) is 14.9 Å². The quantitative estimate of drug-likeness (QED) is 0.852. The minimum atomic E-state index is -0.153. The molecule has 20 heavy (non-hydrogen) atoms. The van der Waals surface area contributed by atoms with Gasteiger partial charge in [0.1, 0.15) is 5.82 Å². The predicted octanol–water partition coefficient (Wildman–Crippen LogP) is 1.99. The maximum absolute atomic E-state index is 13.2. The highest BCUT2D eigenvalue weighted by molar-refractivity contribution is 5.74. The average molecular weight is 277 g/mol. The number of piperidine rings is 1. The minimum absolute atomic E-state index is 0.00680. The van der Waals surface area contributed by atoms with E-state index in [1.807, 2.05) is 11.0 Å². The second-order valence-electron chi connectivity index (χ2n) is 5.49. The zero-order valence-electron chi connectivity index (χ0n) is 11.7. The van der Waals surface area contributed by atoms with E-state index < -0.39 is 0 Å². The van der Waals surface area contributed by atoms with Gasteiger partial charge < -0.3 is 15.1 Å². The SMILES string of the molecule is CNC(=O)N1CCC(N2CCc3cc(F)ccc32)CC1. The largest absolute Gasteiger partial charge is 0.368 e. The number of benzene rings is 1. The molecule has 2 amide bonds. The average Bonchev–Trinajstić information content (AvgIpc) is 2.89. The topological polar surface area (TPSA) is 35.6 Å². The first-order chi connectivity index (χ1) is 9.69. The van der Waals surface area contributed by atoms with Crippen LogP contribution in [0.3, 0.4) is 0 Å². The number of nitrogens with zero attached hydrogens (tertiary/aromatic N) is 2. The molecule has 1 aromatic carbocycles. The summed E-state index contributed by atoms with van der Waals surface area (Å²) < 4.78 is 13.2. The number of fused-ring (bicyclic) bond motifs is 1. The fourth-order valence-electron chi connectivity index (χ4n) is 3.31. The molecule has 0 bridgehead atoms.